The van der Waals surface area contributed by atoms with Crippen molar-refractivity contribution in [2.24, 2.45) is 0 Å². The molecule has 0 heterocycles. The summed E-state index contributed by atoms with van der Waals surface area (Å²) >= 11 is 3.19. The predicted octanol–water partition coefficient (Wildman–Crippen LogP) is 5.03. The van der Waals surface area contributed by atoms with Crippen LogP contribution >= 0.6 is 15.9 Å². The van der Waals surface area contributed by atoms with E-state index in [0.29, 0.717) is 4.47 Å². The Morgan fingerprint density at radius 1 is 1.12 bits per heavy atom. The van der Waals surface area contributed by atoms with Crippen molar-refractivity contribution >= 4 is 38.3 Å². The molecular formula is C20H18BrFN2O. The number of benzene rings is 3. The van der Waals surface area contributed by atoms with Crippen LogP contribution in [0.1, 0.15) is 18.5 Å². The summed E-state index contributed by atoms with van der Waals surface area (Å²) in [5.74, 6) is -0.752. The Bertz CT molecular complexity index is 908. The molecule has 1 amide bonds. The Labute approximate surface area is 154 Å². The minimum absolute atomic E-state index is 0.00776. The van der Waals surface area contributed by atoms with Gasteiger partial charge in [-0.25, -0.2) is 4.39 Å². The summed E-state index contributed by atoms with van der Waals surface area (Å²) in [6.07, 6.45) is 0. The first-order valence-corrected chi connectivity index (χ1v) is 8.80. The molecule has 0 aromatic heterocycles. The van der Waals surface area contributed by atoms with Gasteiger partial charge in [0, 0.05) is 10.5 Å². The second kappa shape index (κ2) is 7.76. The van der Waals surface area contributed by atoms with Crippen LogP contribution in [0.25, 0.3) is 10.8 Å². The average molecular weight is 401 g/mol. The minimum Gasteiger partial charge on any atom is -0.322 e. The molecule has 0 fully saturated rings. The third kappa shape index (κ3) is 4.24. The molecule has 0 saturated carbocycles. The highest BCUT2D eigenvalue weighted by Gasteiger charge is 2.12. The SMILES string of the molecule is C[C@H](NCC(=O)Nc1ccc(Br)cc1F)c1cccc2ccccc12. The van der Waals surface area contributed by atoms with Gasteiger partial charge in [0.1, 0.15) is 5.82 Å². The van der Waals surface area contributed by atoms with Crippen LogP contribution in [0.5, 0.6) is 0 Å². The van der Waals surface area contributed by atoms with E-state index in [1.165, 1.54) is 12.1 Å². The van der Waals surface area contributed by atoms with E-state index in [4.69, 9.17) is 0 Å². The highest BCUT2D eigenvalue weighted by molar-refractivity contribution is 9.10. The third-order valence-corrected chi connectivity index (χ3v) is 4.56. The number of carbonyl (C=O) groups is 1. The average Bonchev–Trinajstić information content (AvgIpc) is 2.61. The standard InChI is InChI=1S/C20H18BrFN2O/c1-13(16-8-4-6-14-5-2-3-7-17(14)16)23-12-20(25)24-19-10-9-15(21)11-18(19)22/h2-11,13,23H,12H2,1H3,(H,24,25)/t13-/m0/s1. The lowest BCUT2D eigenvalue weighted by atomic mass is 10.00. The molecule has 1 atom stereocenters. The highest BCUT2D eigenvalue weighted by atomic mass is 79.9. The minimum atomic E-state index is -0.468. The Hall–Kier alpha value is -2.24. The van der Waals surface area contributed by atoms with Crippen molar-refractivity contribution < 1.29 is 9.18 Å². The monoisotopic (exact) mass is 400 g/mol. The summed E-state index contributed by atoms with van der Waals surface area (Å²) in [4.78, 5) is 12.1. The summed E-state index contributed by atoms with van der Waals surface area (Å²) in [6.45, 7) is 2.11. The van der Waals surface area contributed by atoms with Crippen LogP contribution in [-0.4, -0.2) is 12.5 Å². The van der Waals surface area contributed by atoms with Crippen molar-refractivity contribution in [1.29, 1.82) is 0 Å². The molecule has 128 valence electrons. The van der Waals surface area contributed by atoms with E-state index < -0.39 is 5.82 Å². The normalized spacial score (nSPS) is 12.1. The van der Waals surface area contributed by atoms with Crippen LogP contribution in [0, 0.1) is 5.82 Å². The maximum absolute atomic E-state index is 13.8. The number of amides is 1. The molecule has 5 heteroatoms. The fourth-order valence-electron chi connectivity index (χ4n) is 2.77. The van der Waals surface area contributed by atoms with Crippen molar-refractivity contribution in [2.45, 2.75) is 13.0 Å². The van der Waals surface area contributed by atoms with Crippen LogP contribution in [0.4, 0.5) is 10.1 Å². The summed E-state index contributed by atoms with van der Waals surface area (Å²) in [5, 5.41) is 8.10. The molecule has 0 aliphatic heterocycles. The lowest BCUT2D eigenvalue weighted by Crippen LogP contribution is -2.30. The molecule has 0 unspecified atom stereocenters. The Kier molecular flexibility index (Phi) is 5.46. The summed E-state index contributed by atoms with van der Waals surface area (Å²) in [6, 6.07) is 18.8. The number of hydrogen-bond acceptors (Lipinski definition) is 2. The van der Waals surface area contributed by atoms with Crippen molar-refractivity contribution in [1.82, 2.24) is 5.32 Å². The topological polar surface area (TPSA) is 41.1 Å². The lowest BCUT2D eigenvalue weighted by molar-refractivity contribution is -0.115. The number of carbonyl (C=O) groups excluding carboxylic acids is 1. The molecule has 3 nitrogen and oxygen atoms in total. The molecule has 0 aliphatic rings. The maximum atomic E-state index is 13.8. The van der Waals surface area contributed by atoms with Gasteiger partial charge in [-0.1, -0.05) is 58.4 Å². The van der Waals surface area contributed by atoms with Crippen LogP contribution in [0.15, 0.2) is 65.1 Å². The second-order valence-electron chi connectivity index (χ2n) is 5.84. The van der Waals surface area contributed by atoms with Crippen molar-refractivity contribution in [3.05, 3.63) is 76.5 Å². The van der Waals surface area contributed by atoms with Gasteiger partial charge >= 0.3 is 0 Å². The fourth-order valence-corrected chi connectivity index (χ4v) is 3.10. The van der Waals surface area contributed by atoms with E-state index in [-0.39, 0.29) is 24.2 Å². The molecule has 0 bridgehead atoms. The molecule has 25 heavy (non-hydrogen) atoms. The van der Waals surface area contributed by atoms with E-state index in [2.05, 4.69) is 44.8 Å². The number of hydrogen-bond donors (Lipinski definition) is 2. The van der Waals surface area contributed by atoms with Crippen molar-refractivity contribution in [2.75, 3.05) is 11.9 Å². The van der Waals surface area contributed by atoms with Crippen molar-refractivity contribution in [3.63, 3.8) is 0 Å². The van der Waals surface area contributed by atoms with E-state index in [9.17, 15) is 9.18 Å². The number of anilines is 1. The first-order chi connectivity index (χ1) is 12.0. The van der Waals surface area contributed by atoms with Crippen LogP contribution in [0.2, 0.25) is 0 Å². The zero-order valence-corrected chi connectivity index (χ0v) is 15.3. The summed E-state index contributed by atoms with van der Waals surface area (Å²) in [5.41, 5.74) is 1.30. The summed E-state index contributed by atoms with van der Waals surface area (Å²) in [7, 11) is 0. The molecule has 0 aliphatic carbocycles. The first-order valence-electron chi connectivity index (χ1n) is 8.00. The largest absolute Gasteiger partial charge is 0.322 e. The van der Waals surface area contributed by atoms with E-state index in [0.717, 1.165) is 16.3 Å². The number of rotatable bonds is 5. The van der Waals surface area contributed by atoms with Crippen LogP contribution in [-0.2, 0) is 4.79 Å². The van der Waals surface area contributed by atoms with Gasteiger partial charge in [-0.2, -0.15) is 0 Å². The van der Waals surface area contributed by atoms with Crippen LogP contribution < -0.4 is 10.6 Å². The molecule has 0 saturated heterocycles. The zero-order valence-electron chi connectivity index (χ0n) is 13.7. The maximum Gasteiger partial charge on any atom is 0.238 e. The van der Waals surface area contributed by atoms with E-state index >= 15 is 0 Å². The van der Waals surface area contributed by atoms with Gasteiger partial charge in [0.05, 0.1) is 12.2 Å². The zero-order chi connectivity index (χ0) is 17.8. The van der Waals surface area contributed by atoms with Crippen LogP contribution in [0.3, 0.4) is 0 Å². The smallest absolute Gasteiger partial charge is 0.238 e. The molecular weight excluding hydrogens is 383 g/mol. The molecule has 0 radical (unpaired) electrons. The fraction of sp³-hybridized carbons (Fsp3) is 0.150. The summed E-state index contributed by atoms with van der Waals surface area (Å²) < 4.78 is 14.4. The molecule has 2 N–H and O–H groups in total. The van der Waals surface area contributed by atoms with E-state index in [1.807, 2.05) is 31.2 Å². The van der Waals surface area contributed by atoms with Gasteiger partial charge in [0.2, 0.25) is 5.91 Å². The molecule has 3 aromatic rings. The van der Waals surface area contributed by atoms with Gasteiger partial charge in [0.25, 0.3) is 0 Å². The Morgan fingerprint density at radius 2 is 1.88 bits per heavy atom. The lowest BCUT2D eigenvalue weighted by Gasteiger charge is -2.16. The molecule has 3 rings (SSSR count). The van der Waals surface area contributed by atoms with Gasteiger partial charge in [-0.05, 0) is 41.5 Å². The van der Waals surface area contributed by atoms with Gasteiger partial charge in [0.15, 0.2) is 0 Å². The van der Waals surface area contributed by atoms with E-state index in [1.54, 1.807) is 6.07 Å². The van der Waals surface area contributed by atoms with Gasteiger partial charge in [-0.3, -0.25) is 4.79 Å². The Morgan fingerprint density at radius 3 is 2.68 bits per heavy atom. The Balaban J connectivity index is 1.65. The predicted molar refractivity (Wildman–Crippen MR) is 103 cm³/mol. The molecule has 3 aromatic carbocycles. The number of nitrogens with one attached hydrogen (secondary N) is 2. The first kappa shape index (κ1) is 17.6. The van der Waals surface area contributed by atoms with Gasteiger partial charge in [-0.15, -0.1) is 0 Å². The second-order valence-corrected chi connectivity index (χ2v) is 6.76. The quantitative estimate of drug-likeness (QED) is 0.630. The number of halogens is 2. The third-order valence-electron chi connectivity index (χ3n) is 4.06. The van der Waals surface area contributed by atoms with Crippen molar-refractivity contribution in [3.8, 4) is 0 Å². The highest BCUT2D eigenvalue weighted by Crippen LogP contribution is 2.24. The molecule has 0 spiro atoms. The van der Waals surface area contributed by atoms with Gasteiger partial charge < -0.3 is 10.6 Å². The number of fused-ring (bicyclic) bond motifs is 1.